The van der Waals surface area contributed by atoms with Crippen LogP contribution in [0.1, 0.15) is 47.0 Å². The normalized spacial score (nSPS) is 11.9. The first-order chi connectivity index (χ1) is 7.49. The fourth-order valence-corrected chi connectivity index (χ4v) is 1.48. The van der Waals surface area contributed by atoms with E-state index >= 15 is 0 Å². The number of amides is 1. The summed E-state index contributed by atoms with van der Waals surface area (Å²) < 4.78 is 5.62. The molecule has 0 aromatic heterocycles. The van der Waals surface area contributed by atoms with Crippen LogP contribution in [0, 0.1) is 0 Å². The maximum absolute atomic E-state index is 11.6. The second kappa shape index (κ2) is 7.63. The predicted octanol–water partition coefficient (Wildman–Crippen LogP) is 1.44. The third kappa shape index (κ3) is 5.47. The van der Waals surface area contributed by atoms with Crippen LogP contribution in [0.15, 0.2) is 0 Å². The van der Waals surface area contributed by atoms with Crippen molar-refractivity contribution in [2.45, 2.75) is 58.6 Å². The molecular formula is C12H26N2O2. The SMILES string of the molecule is CCC(CC)(COC(C)C)NC(=O)CCN. The maximum atomic E-state index is 11.6. The average molecular weight is 230 g/mol. The molecule has 0 bridgehead atoms. The molecule has 0 fully saturated rings. The molecule has 0 radical (unpaired) electrons. The zero-order valence-corrected chi connectivity index (χ0v) is 11.0. The van der Waals surface area contributed by atoms with Crippen LogP contribution in [0.5, 0.6) is 0 Å². The third-order valence-corrected chi connectivity index (χ3v) is 2.82. The first-order valence-electron chi connectivity index (χ1n) is 6.12. The smallest absolute Gasteiger partial charge is 0.221 e. The molecule has 0 aromatic rings. The molecule has 0 aromatic carbocycles. The summed E-state index contributed by atoms with van der Waals surface area (Å²) in [7, 11) is 0. The lowest BCUT2D eigenvalue weighted by Gasteiger charge is -2.33. The van der Waals surface area contributed by atoms with E-state index in [9.17, 15) is 4.79 Å². The molecule has 96 valence electrons. The molecule has 4 nitrogen and oxygen atoms in total. The Morgan fingerprint density at radius 1 is 1.38 bits per heavy atom. The highest BCUT2D eigenvalue weighted by atomic mass is 16.5. The van der Waals surface area contributed by atoms with Crippen LogP contribution in [-0.4, -0.2) is 30.7 Å². The van der Waals surface area contributed by atoms with Gasteiger partial charge in [-0.1, -0.05) is 13.8 Å². The molecule has 0 unspecified atom stereocenters. The number of nitrogens with one attached hydrogen (secondary N) is 1. The largest absolute Gasteiger partial charge is 0.376 e. The van der Waals surface area contributed by atoms with Crippen LogP contribution in [-0.2, 0) is 9.53 Å². The number of hydrogen-bond acceptors (Lipinski definition) is 3. The van der Waals surface area contributed by atoms with Crippen LogP contribution < -0.4 is 11.1 Å². The summed E-state index contributed by atoms with van der Waals surface area (Å²) in [5, 5.41) is 3.04. The highest BCUT2D eigenvalue weighted by Crippen LogP contribution is 2.16. The minimum absolute atomic E-state index is 0.0126. The van der Waals surface area contributed by atoms with Crippen LogP contribution in [0.25, 0.3) is 0 Å². The lowest BCUT2D eigenvalue weighted by Crippen LogP contribution is -2.51. The topological polar surface area (TPSA) is 64.3 Å². The minimum atomic E-state index is -0.240. The van der Waals surface area contributed by atoms with Gasteiger partial charge >= 0.3 is 0 Å². The molecule has 4 heteroatoms. The number of hydrogen-bond donors (Lipinski definition) is 2. The van der Waals surface area contributed by atoms with Crippen molar-refractivity contribution in [3.8, 4) is 0 Å². The highest BCUT2D eigenvalue weighted by molar-refractivity contribution is 5.76. The molecule has 16 heavy (non-hydrogen) atoms. The van der Waals surface area contributed by atoms with Gasteiger partial charge in [0.1, 0.15) is 0 Å². The van der Waals surface area contributed by atoms with Crippen molar-refractivity contribution in [1.29, 1.82) is 0 Å². The van der Waals surface area contributed by atoms with Gasteiger partial charge in [-0.2, -0.15) is 0 Å². The van der Waals surface area contributed by atoms with Gasteiger partial charge in [-0.3, -0.25) is 4.79 Å². The fourth-order valence-electron chi connectivity index (χ4n) is 1.48. The average Bonchev–Trinajstić information content (AvgIpc) is 2.24. The lowest BCUT2D eigenvalue weighted by atomic mass is 9.93. The Morgan fingerprint density at radius 2 is 1.94 bits per heavy atom. The summed E-state index contributed by atoms with van der Waals surface area (Å²) >= 11 is 0. The van der Waals surface area contributed by atoms with Gasteiger partial charge < -0.3 is 15.8 Å². The molecular weight excluding hydrogens is 204 g/mol. The Kier molecular flexibility index (Phi) is 7.34. The summed E-state index contributed by atoms with van der Waals surface area (Å²) in [6.07, 6.45) is 2.30. The van der Waals surface area contributed by atoms with E-state index in [-0.39, 0.29) is 17.6 Å². The summed E-state index contributed by atoms with van der Waals surface area (Å²) in [5.41, 5.74) is 5.12. The zero-order chi connectivity index (χ0) is 12.6. The Balaban J connectivity index is 4.36. The van der Waals surface area contributed by atoms with Gasteiger partial charge in [0.25, 0.3) is 0 Å². The van der Waals surface area contributed by atoms with E-state index in [1.165, 1.54) is 0 Å². The molecule has 0 rings (SSSR count). The first kappa shape index (κ1) is 15.4. The van der Waals surface area contributed by atoms with E-state index in [4.69, 9.17) is 10.5 Å². The lowest BCUT2D eigenvalue weighted by molar-refractivity contribution is -0.124. The van der Waals surface area contributed by atoms with Gasteiger partial charge in [0.05, 0.1) is 18.2 Å². The van der Waals surface area contributed by atoms with Crippen molar-refractivity contribution < 1.29 is 9.53 Å². The number of nitrogens with two attached hydrogens (primary N) is 1. The second-order valence-electron chi connectivity index (χ2n) is 4.43. The van der Waals surface area contributed by atoms with Gasteiger partial charge in [-0.25, -0.2) is 0 Å². The zero-order valence-electron chi connectivity index (χ0n) is 11.0. The van der Waals surface area contributed by atoms with E-state index < -0.39 is 0 Å². The summed E-state index contributed by atoms with van der Waals surface area (Å²) in [4.78, 5) is 11.6. The van der Waals surface area contributed by atoms with Crippen LogP contribution >= 0.6 is 0 Å². The van der Waals surface area contributed by atoms with E-state index in [1.54, 1.807) is 0 Å². The number of rotatable bonds is 8. The molecule has 0 aliphatic rings. The van der Waals surface area contributed by atoms with Gasteiger partial charge in [0, 0.05) is 13.0 Å². The predicted molar refractivity (Wildman–Crippen MR) is 66.2 cm³/mol. The fraction of sp³-hybridized carbons (Fsp3) is 0.917. The number of ether oxygens (including phenoxy) is 1. The minimum Gasteiger partial charge on any atom is -0.376 e. The number of carbonyl (C=O) groups is 1. The third-order valence-electron chi connectivity index (χ3n) is 2.82. The van der Waals surface area contributed by atoms with Crippen molar-refractivity contribution >= 4 is 5.91 Å². The van der Waals surface area contributed by atoms with Gasteiger partial charge in [-0.05, 0) is 26.7 Å². The van der Waals surface area contributed by atoms with Crippen LogP contribution in [0.2, 0.25) is 0 Å². The summed E-state index contributed by atoms with van der Waals surface area (Å²) in [5.74, 6) is 0.0126. The Labute approximate surface area is 98.9 Å². The quantitative estimate of drug-likeness (QED) is 0.663. The second-order valence-corrected chi connectivity index (χ2v) is 4.43. The van der Waals surface area contributed by atoms with Crippen molar-refractivity contribution in [3.63, 3.8) is 0 Å². The van der Waals surface area contributed by atoms with Crippen LogP contribution in [0.3, 0.4) is 0 Å². The van der Waals surface area contributed by atoms with E-state index in [1.807, 2.05) is 13.8 Å². The summed E-state index contributed by atoms with van der Waals surface area (Å²) in [6, 6.07) is 0. The monoisotopic (exact) mass is 230 g/mol. The molecule has 0 aliphatic carbocycles. The molecule has 1 amide bonds. The number of carbonyl (C=O) groups excluding carboxylic acids is 1. The molecule has 0 atom stereocenters. The van der Waals surface area contributed by atoms with Gasteiger partial charge in [0.2, 0.25) is 5.91 Å². The van der Waals surface area contributed by atoms with E-state index in [2.05, 4.69) is 19.2 Å². The molecule has 0 aliphatic heterocycles. The molecule has 3 N–H and O–H groups in total. The molecule has 0 spiro atoms. The van der Waals surface area contributed by atoms with Crippen LogP contribution in [0.4, 0.5) is 0 Å². The van der Waals surface area contributed by atoms with Crippen molar-refractivity contribution in [2.75, 3.05) is 13.2 Å². The van der Waals surface area contributed by atoms with Crippen molar-refractivity contribution in [1.82, 2.24) is 5.32 Å². The van der Waals surface area contributed by atoms with Crippen molar-refractivity contribution in [2.24, 2.45) is 5.73 Å². The standard InChI is InChI=1S/C12H26N2O2/c1-5-12(6-2,9-16-10(3)4)14-11(15)7-8-13/h10H,5-9,13H2,1-4H3,(H,14,15). The Hall–Kier alpha value is -0.610. The Morgan fingerprint density at radius 3 is 2.31 bits per heavy atom. The Bertz CT molecular complexity index is 201. The molecule has 0 saturated heterocycles. The molecule has 0 heterocycles. The van der Waals surface area contributed by atoms with Crippen molar-refractivity contribution in [3.05, 3.63) is 0 Å². The maximum Gasteiger partial charge on any atom is 0.221 e. The van der Waals surface area contributed by atoms with E-state index in [0.29, 0.717) is 19.6 Å². The van der Waals surface area contributed by atoms with Gasteiger partial charge in [-0.15, -0.1) is 0 Å². The summed E-state index contributed by atoms with van der Waals surface area (Å²) in [6.45, 7) is 9.08. The highest BCUT2D eigenvalue weighted by Gasteiger charge is 2.28. The van der Waals surface area contributed by atoms with E-state index in [0.717, 1.165) is 12.8 Å². The molecule has 0 saturated carbocycles. The first-order valence-corrected chi connectivity index (χ1v) is 6.12. The van der Waals surface area contributed by atoms with Gasteiger partial charge in [0.15, 0.2) is 0 Å².